The Labute approximate surface area is 179 Å². The standard InChI is InChI=1S/C22H12BrClN2OS/c23-17-6-4-14(5-7-17)20-13-28-22(26-20)16(12-25)11-19-8-9-21(27-19)15-2-1-3-18(24)10-15/h1-11,13H/b16-11+. The molecule has 28 heavy (non-hydrogen) atoms. The van der Waals surface area contributed by atoms with Gasteiger partial charge < -0.3 is 4.42 Å². The minimum atomic E-state index is 0.459. The maximum Gasteiger partial charge on any atom is 0.134 e. The molecule has 3 nitrogen and oxygen atoms in total. The summed E-state index contributed by atoms with van der Waals surface area (Å²) in [6, 6.07) is 21.3. The summed E-state index contributed by atoms with van der Waals surface area (Å²) in [5.41, 5.74) is 3.19. The van der Waals surface area contributed by atoms with Gasteiger partial charge in [-0.2, -0.15) is 5.26 Å². The molecule has 0 radical (unpaired) electrons. The molecule has 0 fully saturated rings. The zero-order chi connectivity index (χ0) is 19.5. The Kier molecular flexibility index (Phi) is 5.45. The van der Waals surface area contributed by atoms with E-state index in [0.29, 0.717) is 27.1 Å². The van der Waals surface area contributed by atoms with Gasteiger partial charge in [-0.3, -0.25) is 0 Å². The first kappa shape index (κ1) is 18.7. The van der Waals surface area contributed by atoms with Crippen LogP contribution < -0.4 is 0 Å². The van der Waals surface area contributed by atoms with Gasteiger partial charge in [0, 0.05) is 32.1 Å². The Hall–Kier alpha value is -2.65. The molecule has 136 valence electrons. The highest BCUT2D eigenvalue weighted by Crippen LogP contribution is 2.30. The maximum atomic E-state index is 9.60. The number of thiazole rings is 1. The smallest absolute Gasteiger partial charge is 0.134 e. The molecule has 2 aromatic carbocycles. The van der Waals surface area contributed by atoms with Crippen molar-refractivity contribution in [1.82, 2.24) is 4.98 Å². The molecular formula is C22H12BrClN2OS. The number of nitriles is 1. The summed E-state index contributed by atoms with van der Waals surface area (Å²) in [7, 11) is 0. The quantitative estimate of drug-likeness (QED) is 0.291. The number of benzene rings is 2. The predicted octanol–water partition coefficient (Wildman–Crippen LogP) is 7.55. The summed E-state index contributed by atoms with van der Waals surface area (Å²) in [6.45, 7) is 0. The van der Waals surface area contributed by atoms with E-state index in [1.165, 1.54) is 11.3 Å². The lowest BCUT2D eigenvalue weighted by Gasteiger charge is -1.97. The molecule has 0 N–H and O–H groups in total. The lowest BCUT2D eigenvalue weighted by Crippen LogP contribution is -1.82. The molecule has 0 unspecified atom stereocenters. The van der Waals surface area contributed by atoms with E-state index in [9.17, 15) is 5.26 Å². The van der Waals surface area contributed by atoms with Crippen molar-refractivity contribution in [2.45, 2.75) is 0 Å². The van der Waals surface area contributed by atoms with Gasteiger partial charge in [-0.25, -0.2) is 4.98 Å². The molecule has 4 rings (SSSR count). The second-order valence-electron chi connectivity index (χ2n) is 5.93. The van der Waals surface area contributed by atoms with Gasteiger partial charge in [0.05, 0.1) is 11.3 Å². The van der Waals surface area contributed by atoms with E-state index in [1.54, 1.807) is 6.08 Å². The van der Waals surface area contributed by atoms with Crippen LogP contribution in [0.5, 0.6) is 0 Å². The number of aromatic nitrogens is 1. The molecule has 0 aliphatic carbocycles. The van der Waals surface area contributed by atoms with Gasteiger partial charge in [0.15, 0.2) is 0 Å². The van der Waals surface area contributed by atoms with Gasteiger partial charge in [0.2, 0.25) is 0 Å². The van der Waals surface area contributed by atoms with Crippen molar-refractivity contribution in [2.75, 3.05) is 0 Å². The third kappa shape index (κ3) is 4.10. The average Bonchev–Trinajstić information content (AvgIpc) is 3.37. The van der Waals surface area contributed by atoms with Crippen molar-refractivity contribution >= 4 is 50.5 Å². The molecule has 0 spiro atoms. The molecule has 0 saturated carbocycles. The van der Waals surface area contributed by atoms with Crippen LogP contribution in [0.25, 0.3) is 34.2 Å². The van der Waals surface area contributed by atoms with Crippen molar-refractivity contribution in [3.8, 4) is 28.7 Å². The molecule has 0 bridgehead atoms. The normalized spacial score (nSPS) is 11.4. The first-order chi connectivity index (χ1) is 13.6. The first-order valence-corrected chi connectivity index (χ1v) is 10.4. The number of hydrogen-bond acceptors (Lipinski definition) is 4. The van der Waals surface area contributed by atoms with Gasteiger partial charge in [-0.1, -0.05) is 51.8 Å². The van der Waals surface area contributed by atoms with Crippen LogP contribution >= 0.6 is 38.9 Å². The second kappa shape index (κ2) is 8.15. The summed E-state index contributed by atoms with van der Waals surface area (Å²) < 4.78 is 6.88. The number of allylic oxidation sites excluding steroid dienone is 1. The van der Waals surface area contributed by atoms with E-state index in [0.717, 1.165) is 21.3 Å². The predicted molar refractivity (Wildman–Crippen MR) is 118 cm³/mol. The molecule has 4 aromatic rings. The third-order valence-corrected chi connectivity index (χ3v) is 5.66. The summed E-state index contributed by atoms with van der Waals surface area (Å²) in [5.74, 6) is 1.28. The SMILES string of the molecule is N#C/C(=C\c1ccc(-c2cccc(Cl)c2)o1)c1nc(-c2ccc(Br)cc2)cs1. The van der Waals surface area contributed by atoms with E-state index in [2.05, 4.69) is 27.0 Å². The van der Waals surface area contributed by atoms with Gasteiger partial charge in [0.25, 0.3) is 0 Å². The van der Waals surface area contributed by atoms with Crippen molar-refractivity contribution in [2.24, 2.45) is 0 Å². The zero-order valence-electron chi connectivity index (χ0n) is 14.4. The van der Waals surface area contributed by atoms with Gasteiger partial charge in [0.1, 0.15) is 22.6 Å². The van der Waals surface area contributed by atoms with Crippen LogP contribution in [0.15, 0.2) is 74.9 Å². The van der Waals surface area contributed by atoms with E-state index in [-0.39, 0.29) is 0 Å². The second-order valence-corrected chi connectivity index (χ2v) is 8.14. The van der Waals surface area contributed by atoms with Crippen molar-refractivity contribution in [1.29, 1.82) is 5.26 Å². The van der Waals surface area contributed by atoms with Gasteiger partial charge >= 0.3 is 0 Å². The zero-order valence-corrected chi connectivity index (χ0v) is 17.6. The topological polar surface area (TPSA) is 49.8 Å². The Morgan fingerprint density at radius 3 is 2.68 bits per heavy atom. The summed E-state index contributed by atoms with van der Waals surface area (Å²) in [5, 5.41) is 12.8. The highest BCUT2D eigenvalue weighted by Gasteiger charge is 2.11. The average molecular weight is 468 g/mol. The highest BCUT2D eigenvalue weighted by atomic mass is 79.9. The van der Waals surface area contributed by atoms with Crippen LogP contribution in [0.4, 0.5) is 0 Å². The van der Waals surface area contributed by atoms with Crippen LogP contribution in [-0.2, 0) is 0 Å². The minimum absolute atomic E-state index is 0.459. The van der Waals surface area contributed by atoms with Crippen LogP contribution in [-0.4, -0.2) is 4.98 Å². The van der Waals surface area contributed by atoms with Crippen molar-refractivity contribution < 1.29 is 4.42 Å². The van der Waals surface area contributed by atoms with Crippen LogP contribution in [0.3, 0.4) is 0 Å². The first-order valence-electron chi connectivity index (χ1n) is 8.32. The molecule has 0 amide bonds. The molecular weight excluding hydrogens is 456 g/mol. The monoisotopic (exact) mass is 466 g/mol. The number of furan rings is 1. The maximum absolute atomic E-state index is 9.60. The minimum Gasteiger partial charge on any atom is -0.457 e. The number of hydrogen-bond donors (Lipinski definition) is 0. The van der Waals surface area contributed by atoms with Crippen LogP contribution in [0.2, 0.25) is 5.02 Å². The molecule has 0 saturated heterocycles. The fourth-order valence-corrected chi connectivity index (χ4v) is 3.91. The van der Waals surface area contributed by atoms with E-state index in [1.807, 2.05) is 66.0 Å². The van der Waals surface area contributed by atoms with E-state index >= 15 is 0 Å². The summed E-state index contributed by atoms with van der Waals surface area (Å²) in [6.07, 6.45) is 1.71. The van der Waals surface area contributed by atoms with E-state index in [4.69, 9.17) is 16.0 Å². The lowest BCUT2D eigenvalue weighted by atomic mass is 10.2. The van der Waals surface area contributed by atoms with Crippen molar-refractivity contribution in [3.05, 3.63) is 86.3 Å². The molecule has 6 heteroatoms. The molecule has 2 aromatic heterocycles. The van der Waals surface area contributed by atoms with Crippen LogP contribution in [0, 0.1) is 11.3 Å². The largest absolute Gasteiger partial charge is 0.457 e. The molecule has 0 atom stereocenters. The molecule has 0 aliphatic rings. The highest BCUT2D eigenvalue weighted by molar-refractivity contribution is 9.10. The summed E-state index contributed by atoms with van der Waals surface area (Å²) >= 11 is 10.9. The number of halogens is 2. The summed E-state index contributed by atoms with van der Waals surface area (Å²) in [4.78, 5) is 4.61. The molecule has 0 aliphatic heterocycles. The Morgan fingerprint density at radius 1 is 1.11 bits per heavy atom. The fourth-order valence-electron chi connectivity index (χ4n) is 2.66. The third-order valence-electron chi connectivity index (χ3n) is 4.02. The van der Waals surface area contributed by atoms with Crippen LogP contribution in [0.1, 0.15) is 10.8 Å². The van der Waals surface area contributed by atoms with Crippen molar-refractivity contribution in [3.63, 3.8) is 0 Å². The van der Waals surface area contributed by atoms with E-state index < -0.39 is 0 Å². The Balaban J connectivity index is 1.62. The Bertz CT molecular complexity index is 1200. The molecule has 2 heterocycles. The van der Waals surface area contributed by atoms with Gasteiger partial charge in [-0.05, 0) is 36.4 Å². The van der Waals surface area contributed by atoms with Gasteiger partial charge in [-0.15, -0.1) is 11.3 Å². The fraction of sp³-hybridized carbons (Fsp3) is 0. The lowest BCUT2D eigenvalue weighted by molar-refractivity contribution is 0.572. The number of rotatable bonds is 4. The number of nitrogens with zero attached hydrogens (tertiary/aromatic N) is 2. The Morgan fingerprint density at radius 2 is 1.93 bits per heavy atom.